The molecule has 11 nitrogen and oxygen atoms in total. The van der Waals surface area contributed by atoms with Crippen molar-refractivity contribution in [3.63, 3.8) is 0 Å². The van der Waals surface area contributed by atoms with E-state index in [2.05, 4.69) is 16.0 Å². The maximum atomic E-state index is 13.3. The fraction of sp³-hybridized carbons (Fsp3) is 0.400. The van der Waals surface area contributed by atoms with Crippen molar-refractivity contribution in [2.24, 2.45) is 5.92 Å². The zero-order valence-electron chi connectivity index (χ0n) is 20.9. The fourth-order valence-electron chi connectivity index (χ4n) is 3.63. The van der Waals surface area contributed by atoms with Crippen molar-refractivity contribution in [1.82, 2.24) is 16.0 Å². The lowest BCUT2D eigenvalue weighted by molar-refractivity contribution is -0.132. The van der Waals surface area contributed by atoms with Crippen molar-refractivity contribution >= 4 is 25.3 Å². The van der Waals surface area contributed by atoms with Crippen molar-refractivity contribution in [1.29, 1.82) is 0 Å². The smallest absolute Gasteiger partial charge is 0.347 e. The number of phenols is 2. The first-order chi connectivity index (χ1) is 17.3. The maximum absolute atomic E-state index is 13.3. The number of hydrogen-bond donors (Lipinski definition) is 7. The van der Waals surface area contributed by atoms with Gasteiger partial charge in [-0.25, -0.2) is 0 Å². The molecule has 0 spiro atoms. The summed E-state index contributed by atoms with van der Waals surface area (Å²) in [6, 6.07) is 9.44. The first-order valence-electron chi connectivity index (χ1n) is 11.8. The standard InChI is InChI=1S/C25H34N3O8P/c1-4-15(2)23(26-16(3)29)25(33)27-21(13-17-5-9-19(30)10-6-17)24(32)28-22(37(34,35)36)14-18-7-11-20(31)12-8-18/h5-12,15,21-23,30-31H,4,13-14H2,1-3H3,(H,26,29)(H,27,33)(H,28,32)(H2,34,35,36)/t15-,21+,22-,23-/m1/s1. The van der Waals surface area contributed by atoms with E-state index in [1.54, 1.807) is 19.1 Å². The molecule has 4 atom stereocenters. The van der Waals surface area contributed by atoms with Crippen LogP contribution in [0.5, 0.6) is 11.5 Å². The van der Waals surface area contributed by atoms with Gasteiger partial charge in [0.2, 0.25) is 17.7 Å². The van der Waals surface area contributed by atoms with Gasteiger partial charge in [0.05, 0.1) is 0 Å². The molecule has 37 heavy (non-hydrogen) atoms. The van der Waals surface area contributed by atoms with E-state index >= 15 is 0 Å². The van der Waals surface area contributed by atoms with Gasteiger partial charge in [-0.3, -0.25) is 18.9 Å². The number of hydrogen-bond acceptors (Lipinski definition) is 6. The van der Waals surface area contributed by atoms with Gasteiger partial charge in [-0.2, -0.15) is 0 Å². The third kappa shape index (κ3) is 9.53. The number of carbonyl (C=O) groups excluding carboxylic acids is 3. The largest absolute Gasteiger partial charge is 0.508 e. The number of benzene rings is 2. The fourth-order valence-corrected chi connectivity index (χ4v) is 4.38. The van der Waals surface area contributed by atoms with Crippen LogP contribution in [-0.2, 0) is 31.8 Å². The summed E-state index contributed by atoms with van der Waals surface area (Å²) in [6.07, 6.45) is 0.301. The highest BCUT2D eigenvalue weighted by molar-refractivity contribution is 7.52. The lowest BCUT2D eigenvalue weighted by Crippen LogP contribution is -2.57. The van der Waals surface area contributed by atoms with Crippen LogP contribution in [0, 0.1) is 5.92 Å². The van der Waals surface area contributed by atoms with Gasteiger partial charge in [0.1, 0.15) is 29.4 Å². The third-order valence-corrected chi connectivity index (χ3v) is 7.07. The molecule has 0 saturated heterocycles. The van der Waals surface area contributed by atoms with E-state index in [0.29, 0.717) is 17.5 Å². The second-order valence-corrected chi connectivity index (χ2v) is 10.8. The first-order valence-corrected chi connectivity index (χ1v) is 13.5. The summed E-state index contributed by atoms with van der Waals surface area (Å²) in [5.74, 6) is -3.73. The highest BCUT2D eigenvalue weighted by Crippen LogP contribution is 2.41. The predicted molar refractivity (Wildman–Crippen MR) is 137 cm³/mol. The lowest BCUT2D eigenvalue weighted by atomic mass is 9.97. The molecule has 0 fully saturated rings. The normalized spacial score (nSPS) is 14.6. The lowest BCUT2D eigenvalue weighted by Gasteiger charge is -2.28. The Labute approximate surface area is 215 Å². The van der Waals surface area contributed by atoms with Gasteiger partial charge in [-0.05, 0) is 41.3 Å². The second kappa shape index (κ2) is 13.2. The van der Waals surface area contributed by atoms with Gasteiger partial charge in [0.15, 0.2) is 0 Å². The third-order valence-electron chi connectivity index (χ3n) is 5.94. The minimum absolute atomic E-state index is 0.00624. The zero-order chi connectivity index (χ0) is 27.8. The molecular weight excluding hydrogens is 501 g/mol. The molecule has 0 aliphatic rings. The molecule has 2 aromatic carbocycles. The first kappa shape index (κ1) is 29.8. The summed E-state index contributed by atoms with van der Waals surface area (Å²) in [5, 5.41) is 26.6. The van der Waals surface area contributed by atoms with Gasteiger partial charge < -0.3 is 36.0 Å². The molecule has 0 aliphatic heterocycles. The molecule has 2 aromatic rings. The van der Waals surface area contributed by atoms with E-state index in [9.17, 15) is 38.9 Å². The van der Waals surface area contributed by atoms with Gasteiger partial charge in [0.25, 0.3) is 0 Å². The number of phenolic OH excluding ortho intramolecular Hbond substituents is 2. The second-order valence-electron chi connectivity index (χ2n) is 8.98. The number of rotatable bonds is 12. The van der Waals surface area contributed by atoms with Crippen molar-refractivity contribution in [3.05, 3.63) is 59.7 Å². The SMILES string of the molecule is CC[C@@H](C)[C@@H](NC(C)=O)C(=O)N[C@@H](Cc1ccc(O)cc1)C(=O)N[C@@H](Cc1ccc(O)cc1)P(=O)(O)O. The highest BCUT2D eigenvalue weighted by Gasteiger charge is 2.35. The number of nitrogens with one attached hydrogen (secondary N) is 3. The average molecular weight is 536 g/mol. The van der Waals surface area contributed by atoms with Gasteiger partial charge in [0, 0.05) is 19.8 Å². The Morgan fingerprint density at radius 1 is 0.811 bits per heavy atom. The summed E-state index contributed by atoms with van der Waals surface area (Å²) in [4.78, 5) is 57.9. The summed E-state index contributed by atoms with van der Waals surface area (Å²) >= 11 is 0. The molecule has 0 saturated carbocycles. The molecule has 7 N–H and O–H groups in total. The Kier molecular flexibility index (Phi) is 10.7. The van der Waals surface area contributed by atoms with E-state index in [0.717, 1.165) is 0 Å². The Morgan fingerprint density at radius 2 is 1.30 bits per heavy atom. The highest BCUT2D eigenvalue weighted by atomic mass is 31.2. The minimum atomic E-state index is -4.83. The topological polar surface area (TPSA) is 185 Å². The van der Waals surface area contributed by atoms with Crippen LogP contribution in [0.25, 0.3) is 0 Å². The van der Waals surface area contributed by atoms with Crippen LogP contribution in [0.3, 0.4) is 0 Å². The molecule has 0 radical (unpaired) electrons. The van der Waals surface area contributed by atoms with E-state index in [4.69, 9.17) is 0 Å². The summed E-state index contributed by atoms with van der Waals surface area (Å²) in [7, 11) is -4.83. The number of amides is 3. The Bertz CT molecular complexity index is 1120. The Balaban J connectivity index is 2.32. The molecule has 0 bridgehead atoms. The molecule has 2 rings (SSSR count). The minimum Gasteiger partial charge on any atom is -0.508 e. The van der Waals surface area contributed by atoms with E-state index < -0.39 is 43.2 Å². The number of aromatic hydroxyl groups is 2. The van der Waals surface area contributed by atoms with Crippen molar-refractivity contribution in [2.45, 2.75) is 57.9 Å². The molecule has 0 unspecified atom stereocenters. The molecule has 3 amide bonds. The molecule has 202 valence electrons. The quantitative estimate of drug-likeness (QED) is 0.200. The predicted octanol–water partition coefficient (Wildman–Crippen LogP) is 1.54. The summed E-state index contributed by atoms with van der Waals surface area (Å²) in [6.45, 7) is 4.90. The van der Waals surface area contributed by atoms with Crippen molar-refractivity contribution < 1.29 is 38.9 Å². The molecule has 0 aliphatic carbocycles. The van der Waals surface area contributed by atoms with Crippen LogP contribution in [-0.4, -0.2) is 55.6 Å². The van der Waals surface area contributed by atoms with Gasteiger partial charge in [-0.1, -0.05) is 44.5 Å². The monoisotopic (exact) mass is 535 g/mol. The van der Waals surface area contributed by atoms with Crippen LogP contribution in [0.4, 0.5) is 0 Å². The van der Waals surface area contributed by atoms with E-state index in [1.807, 2.05) is 6.92 Å². The molecule has 12 heteroatoms. The van der Waals surface area contributed by atoms with Crippen LogP contribution < -0.4 is 16.0 Å². The van der Waals surface area contributed by atoms with Gasteiger partial charge >= 0.3 is 7.60 Å². The summed E-state index contributed by atoms with van der Waals surface area (Å²) < 4.78 is 12.2. The molecular formula is C25H34N3O8P. The van der Waals surface area contributed by atoms with Crippen molar-refractivity contribution in [3.8, 4) is 11.5 Å². The number of carbonyl (C=O) groups is 3. The van der Waals surface area contributed by atoms with E-state index in [1.165, 1.54) is 43.3 Å². The van der Waals surface area contributed by atoms with Crippen LogP contribution in [0.1, 0.15) is 38.3 Å². The van der Waals surface area contributed by atoms with E-state index in [-0.39, 0.29) is 30.3 Å². The summed E-state index contributed by atoms with van der Waals surface area (Å²) in [5.41, 5.74) is 1.04. The average Bonchev–Trinajstić information content (AvgIpc) is 2.83. The van der Waals surface area contributed by atoms with Crippen LogP contribution >= 0.6 is 7.60 Å². The van der Waals surface area contributed by atoms with Crippen LogP contribution in [0.2, 0.25) is 0 Å². The molecule has 0 aromatic heterocycles. The van der Waals surface area contributed by atoms with Crippen molar-refractivity contribution in [2.75, 3.05) is 0 Å². The molecule has 0 heterocycles. The zero-order valence-corrected chi connectivity index (χ0v) is 21.8. The van der Waals surface area contributed by atoms with Gasteiger partial charge in [-0.15, -0.1) is 0 Å². The Hall–Kier alpha value is -3.40. The maximum Gasteiger partial charge on any atom is 0.347 e. The Morgan fingerprint density at radius 3 is 1.73 bits per heavy atom. The van der Waals surface area contributed by atoms with Crippen LogP contribution in [0.15, 0.2) is 48.5 Å².